The maximum atomic E-state index is 5.99. The van der Waals surface area contributed by atoms with Crippen LogP contribution in [0.2, 0.25) is 0 Å². The molecule has 0 radical (unpaired) electrons. The molecule has 162 valence electrons. The highest BCUT2D eigenvalue weighted by atomic mass is 127. The molecular formula is C26H35IN2O. The van der Waals surface area contributed by atoms with Gasteiger partial charge in [-0.15, -0.1) is 0 Å². The Kier molecular flexibility index (Phi) is 9.89. The van der Waals surface area contributed by atoms with Gasteiger partial charge in [0.2, 0.25) is 6.34 Å². The van der Waals surface area contributed by atoms with E-state index in [4.69, 9.17) is 4.74 Å². The lowest BCUT2D eigenvalue weighted by atomic mass is 10.0. The van der Waals surface area contributed by atoms with Crippen molar-refractivity contribution in [3.8, 4) is 5.75 Å². The Morgan fingerprint density at radius 3 is 2.50 bits per heavy atom. The van der Waals surface area contributed by atoms with Crippen molar-refractivity contribution in [1.82, 2.24) is 0 Å². The first-order chi connectivity index (χ1) is 14.1. The fourth-order valence-electron chi connectivity index (χ4n) is 4.22. The van der Waals surface area contributed by atoms with Gasteiger partial charge in [-0.05, 0) is 64.2 Å². The molecule has 0 spiro atoms. The summed E-state index contributed by atoms with van der Waals surface area (Å²) in [5.74, 6) is 0.984. The summed E-state index contributed by atoms with van der Waals surface area (Å²) in [6, 6.07) is 12.8. The molecular weight excluding hydrogens is 483 g/mol. The lowest BCUT2D eigenvalue weighted by Crippen LogP contribution is -3.00. The van der Waals surface area contributed by atoms with Gasteiger partial charge in [-0.1, -0.05) is 48.0 Å². The van der Waals surface area contributed by atoms with E-state index in [1.807, 2.05) is 13.0 Å². The molecule has 0 aromatic heterocycles. The third kappa shape index (κ3) is 6.59. The van der Waals surface area contributed by atoms with Crippen LogP contribution in [0.3, 0.4) is 0 Å². The smallest absolute Gasteiger partial charge is 0.239 e. The Morgan fingerprint density at radius 2 is 1.77 bits per heavy atom. The van der Waals surface area contributed by atoms with Crippen LogP contribution >= 0.6 is 0 Å². The molecule has 1 aliphatic rings. The minimum Gasteiger partial charge on any atom is -1.00 e. The van der Waals surface area contributed by atoms with Crippen molar-refractivity contribution in [3.05, 3.63) is 64.7 Å². The number of benzene rings is 2. The molecule has 0 unspecified atom stereocenters. The molecule has 1 aliphatic heterocycles. The average Bonchev–Trinajstić information content (AvgIpc) is 3.13. The van der Waals surface area contributed by atoms with E-state index in [9.17, 15) is 0 Å². The summed E-state index contributed by atoms with van der Waals surface area (Å²) in [4.78, 5) is 2.42. The summed E-state index contributed by atoms with van der Waals surface area (Å²) >= 11 is 0. The van der Waals surface area contributed by atoms with E-state index < -0.39 is 0 Å². The molecule has 0 saturated carbocycles. The highest BCUT2D eigenvalue weighted by Crippen LogP contribution is 2.26. The van der Waals surface area contributed by atoms with E-state index in [2.05, 4.69) is 79.1 Å². The lowest BCUT2D eigenvalue weighted by Gasteiger charge is -2.13. The number of rotatable bonds is 9. The molecule has 2 aromatic rings. The Hall–Kier alpha value is -1.82. The molecule has 0 atom stereocenters. The second kappa shape index (κ2) is 12.1. The first-order valence-electron chi connectivity index (χ1n) is 10.9. The molecule has 0 amide bonds. The van der Waals surface area contributed by atoms with Gasteiger partial charge in [0.05, 0.1) is 13.2 Å². The monoisotopic (exact) mass is 518 g/mol. The number of hydrogen-bond donors (Lipinski definition) is 0. The minimum atomic E-state index is 0. The van der Waals surface area contributed by atoms with Gasteiger partial charge >= 0.3 is 0 Å². The molecule has 3 rings (SSSR count). The molecule has 0 aliphatic carbocycles. The third-order valence-electron chi connectivity index (χ3n) is 5.47. The van der Waals surface area contributed by atoms with E-state index >= 15 is 0 Å². The number of halogens is 1. The number of allylic oxidation sites excluding steroid dienone is 1. The summed E-state index contributed by atoms with van der Waals surface area (Å²) in [7, 11) is 0. The molecule has 0 bridgehead atoms. The van der Waals surface area contributed by atoms with Crippen molar-refractivity contribution in [2.45, 2.75) is 47.0 Å². The zero-order valence-corrected chi connectivity index (χ0v) is 21.0. The van der Waals surface area contributed by atoms with Gasteiger partial charge in [-0.3, -0.25) is 4.58 Å². The number of unbranched alkanes of at least 4 members (excludes halogenated alkanes) is 2. The van der Waals surface area contributed by atoms with Crippen LogP contribution in [0.5, 0.6) is 5.75 Å². The predicted molar refractivity (Wildman–Crippen MR) is 125 cm³/mol. The molecule has 2 aromatic carbocycles. The first-order valence-corrected chi connectivity index (χ1v) is 10.9. The fraction of sp³-hybridized carbons (Fsp3) is 0.423. The Labute approximate surface area is 199 Å². The quantitative estimate of drug-likeness (QED) is 0.288. The fourth-order valence-corrected chi connectivity index (χ4v) is 4.22. The molecule has 4 heteroatoms. The van der Waals surface area contributed by atoms with Crippen molar-refractivity contribution >= 4 is 18.1 Å². The number of para-hydroxylation sites is 1. The zero-order chi connectivity index (χ0) is 20.6. The number of ether oxygens (including phenoxy) is 1. The Balaban J connectivity index is 0.00000320. The van der Waals surface area contributed by atoms with E-state index in [1.165, 1.54) is 35.2 Å². The lowest BCUT2D eigenvalue weighted by molar-refractivity contribution is -0.514. The number of hydrogen-bond acceptors (Lipinski definition) is 2. The van der Waals surface area contributed by atoms with Crippen LogP contribution in [-0.2, 0) is 0 Å². The zero-order valence-electron chi connectivity index (χ0n) is 18.8. The van der Waals surface area contributed by atoms with Crippen molar-refractivity contribution in [2.24, 2.45) is 0 Å². The largest absolute Gasteiger partial charge is 1.00 e. The topological polar surface area (TPSA) is 15.5 Å². The van der Waals surface area contributed by atoms with Gasteiger partial charge in [0.1, 0.15) is 24.5 Å². The Bertz CT molecular complexity index is 865. The van der Waals surface area contributed by atoms with Gasteiger partial charge in [-0.2, -0.15) is 0 Å². The van der Waals surface area contributed by atoms with Crippen LogP contribution in [0.4, 0.5) is 5.69 Å². The van der Waals surface area contributed by atoms with Crippen LogP contribution in [0, 0.1) is 20.8 Å². The molecule has 1 heterocycles. The van der Waals surface area contributed by atoms with Crippen LogP contribution < -0.4 is 33.6 Å². The van der Waals surface area contributed by atoms with E-state index in [1.54, 1.807) is 0 Å². The summed E-state index contributed by atoms with van der Waals surface area (Å²) in [6.07, 6.45) is 9.96. The standard InChI is InChI=1S/C26H35N2O.HI/c1-5-11-24-12-7-8-13-25(24)29-17-10-6-9-14-27-15-16-28(20-27)26-22(3)18-21(2)19-23(26)4;/h5,7-8,11-13,18-20H,6,9-10,14-17H2,1-4H3;1H/q+1;/p-1/b11-5-;. The minimum absolute atomic E-state index is 0. The Morgan fingerprint density at radius 1 is 1.03 bits per heavy atom. The van der Waals surface area contributed by atoms with Gasteiger partial charge in [-0.25, -0.2) is 4.90 Å². The first kappa shape index (κ1) is 24.4. The van der Waals surface area contributed by atoms with Crippen molar-refractivity contribution in [3.63, 3.8) is 0 Å². The highest BCUT2D eigenvalue weighted by molar-refractivity contribution is 5.80. The third-order valence-corrected chi connectivity index (χ3v) is 5.47. The van der Waals surface area contributed by atoms with Gasteiger partial charge < -0.3 is 28.7 Å². The van der Waals surface area contributed by atoms with Crippen LogP contribution in [-0.4, -0.2) is 37.2 Å². The number of anilines is 1. The number of nitrogens with zero attached hydrogens (tertiary/aromatic N) is 2. The highest BCUT2D eigenvalue weighted by Gasteiger charge is 2.24. The van der Waals surface area contributed by atoms with Crippen LogP contribution in [0.15, 0.2) is 42.5 Å². The second-order valence-electron chi connectivity index (χ2n) is 8.04. The summed E-state index contributed by atoms with van der Waals surface area (Å²) in [5, 5.41) is 0. The summed E-state index contributed by atoms with van der Waals surface area (Å²) in [6.45, 7) is 12.7. The maximum absolute atomic E-state index is 5.99. The summed E-state index contributed by atoms with van der Waals surface area (Å²) in [5.41, 5.74) is 6.62. The van der Waals surface area contributed by atoms with Crippen molar-refractivity contribution in [1.29, 1.82) is 0 Å². The van der Waals surface area contributed by atoms with Gasteiger partial charge in [0, 0.05) is 5.56 Å². The SMILES string of the molecule is C/C=C\c1ccccc1OCCCCC[N+]1=CN(c2c(C)cc(C)cc2C)CC1.[I-]. The molecule has 3 nitrogen and oxygen atoms in total. The average molecular weight is 518 g/mol. The molecule has 0 fully saturated rings. The predicted octanol–water partition coefficient (Wildman–Crippen LogP) is 2.76. The normalized spacial score (nSPS) is 13.5. The van der Waals surface area contributed by atoms with Gasteiger partial charge in [0.25, 0.3) is 0 Å². The maximum Gasteiger partial charge on any atom is 0.239 e. The van der Waals surface area contributed by atoms with E-state index in [0.717, 1.165) is 44.0 Å². The van der Waals surface area contributed by atoms with Crippen molar-refractivity contribution < 1.29 is 33.3 Å². The van der Waals surface area contributed by atoms with Crippen LogP contribution in [0.25, 0.3) is 6.08 Å². The van der Waals surface area contributed by atoms with Crippen molar-refractivity contribution in [2.75, 3.05) is 31.1 Å². The molecule has 30 heavy (non-hydrogen) atoms. The van der Waals surface area contributed by atoms with E-state index in [0.29, 0.717) is 0 Å². The number of aryl methyl sites for hydroxylation is 3. The van der Waals surface area contributed by atoms with Gasteiger partial charge in [0.15, 0.2) is 0 Å². The second-order valence-corrected chi connectivity index (χ2v) is 8.04. The summed E-state index contributed by atoms with van der Waals surface area (Å²) < 4.78 is 8.45. The molecule has 0 saturated heterocycles. The van der Waals surface area contributed by atoms with Crippen LogP contribution in [0.1, 0.15) is 48.4 Å². The molecule has 0 N–H and O–H groups in total. The van der Waals surface area contributed by atoms with E-state index in [-0.39, 0.29) is 24.0 Å².